The van der Waals surface area contributed by atoms with Crippen LogP contribution in [0.25, 0.3) is 10.9 Å². The smallest absolute Gasteiger partial charge is 0.256 e. The lowest BCUT2D eigenvalue weighted by Crippen LogP contribution is -2.12. The summed E-state index contributed by atoms with van der Waals surface area (Å²) in [5, 5.41) is 3.70. The van der Waals surface area contributed by atoms with Crippen LogP contribution in [0.2, 0.25) is 0 Å². The lowest BCUT2D eigenvalue weighted by molar-refractivity contribution is 0.102. The van der Waals surface area contributed by atoms with Gasteiger partial charge < -0.3 is 10.1 Å². The Morgan fingerprint density at radius 1 is 0.926 bits per heavy atom. The van der Waals surface area contributed by atoms with Gasteiger partial charge in [0, 0.05) is 26.9 Å². The van der Waals surface area contributed by atoms with Crippen molar-refractivity contribution >= 4 is 45.2 Å². The minimum absolute atomic E-state index is 0.218. The van der Waals surface area contributed by atoms with Crippen molar-refractivity contribution in [3.05, 3.63) is 88.3 Å². The van der Waals surface area contributed by atoms with Crippen molar-refractivity contribution in [2.45, 2.75) is 0 Å². The number of aromatic nitrogens is 2. The van der Waals surface area contributed by atoms with E-state index in [0.29, 0.717) is 17.1 Å². The van der Waals surface area contributed by atoms with Gasteiger partial charge in [-0.25, -0.2) is 4.98 Å². The van der Waals surface area contributed by atoms with Gasteiger partial charge in [0.25, 0.3) is 5.91 Å². The number of anilines is 1. The molecular weight excluding hydrogens is 453 g/mol. The highest BCUT2D eigenvalue weighted by Crippen LogP contribution is 2.30. The van der Waals surface area contributed by atoms with Gasteiger partial charge in [-0.05, 0) is 83.3 Å². The average Bonchev–Trinajstić information content (AvgIpc) is 2.70. The molecule has 0 saturated heterocycles. The summed E-state index contributed by atoms with van der Waals surface area (Å²) in [7, 11) is 0. The maximum absolute atomic E-state index is 12.3. The van der Waals surface area contributed by atoms with Crippen molar-refractivity contribution in [3.8, 4) is 11.5 Å². The molecule has 1 amide bonds. The van der Waals surface area contributed by atoms with Crippen LogP contribution in [0.15, 0.2) is 79.1 Å². The van der Waals surface area contributed by atoms with Crippen LogP contribution in [0.1, 0.15) is 10.4 Å². The van der Waals surface area contributed by atoms with Gasteiger partial charge in [0.1, 0.15) is 17.3 Å². The third-order valence-electron chi connectivity index (χ3n) is 3.91. The quantitative estimate of drug-likeness (QED) is 0.415. The Labute approximate surface area is 169 Å². The van der Waals surface area contributed by atoms with Gasteiger partial charge >= 0.3 is 0 Å². The lowest BCUT2D eigenvalue weighted by atomic mass is 10.2. The normalized spacial score (nSPS) is 10.6. The van der Waals surface area contributed by atoms with Crippen molar-refractivity contribution in [2.75, 3.05) is 5.32 Å². The zero-order valence-corrected chi connectivity index (χ0v) is 16.3. The third kappa shape index (κ3) is 4.06. The van der Waals surface area contributed by atoms with Crippen LogP contribution in [0.4, 0.5) is 5.82 Å². The molecule has 0 spiro atoms. The van der Waals surface area contributed by atoms with E-state index in [1.54, 1.807) is 48.8 Å². The van der Waals surface area contributed by atoms with Crippen molar-refractivity contribution in [1.29, 1.82) is 0 Å². The topological polar surface area (TPSA) is 64.1 Å². The molecule has 0 saturated carbocycles. The molecule has 0 aliphatic rings. The number of benzene rings is 2. The van der Waals surface area contributed by atoms with E-state index in [1.165, 1.54) is 0 Å². The molecule has 2 heterocycles. The SMILES string of the molecule is O=C(Nc1ccccn1)c1ccc(Oc2ccnc3ccc(I)cc23)cc1. The molecule has 0 radical (unpaired) electrons. The number of pyridine rings is 2. The van der Waals surface area contributed by atoms with Gasteiger partial charge in [0.15, 0.2) is 0 Å². The van der Waals surface area contributed by atoms with E-state index in [-0.39, 0.29) is 5.91 Å². The highest BCUT2D eigenvalue weighted by atomic mass is 127. The van der Waals surface area contributed by atoms with Crippen molar-refractivity contribution in [3.63, 3.8) is 0 Å². The number of amides is 1. The fourth-order valence-corrected chi connectivity index (χ4v) is 3.10. The van der Waals surface area contributed by atoms with Gasteiger partial charge in [-0.1, -0.05) is 6.07 Å². The lowest BCUT2D eigenvalue weighted by Gasteiger charge is -2.10. The van der Waals surface area contributed by atoms with Gasteiger partial charge in [-0.3, -0.25) is 9.78 Å². The number of nitrogens with zero attached hydrogens (tertiary/aromatic N) is 2. The van der Waals surface area contributed by atoms with Crippen molar-refractivity contribution in [1.82, 2.24) is 9.97 Å². The van der Waals surface area contributed by atoms with Crippen LogP contribution in [-0.4, -0.2) is 15.9 Å². The van der Waals surface area contributed by atoms with E-state index in [0.717, 1.165) is 20.2 Å². The summed E-state index contributed by atoms with van der Waals surface area (Å²) < 4.78 is 7.12. The molecule has 27 heavy (non-hydrogen) atoms. The van der Waals surface area contributed by atoms with E-state index >= 15 is 0 Å². The highest BCUT2D eigenvalue weighted by molar-refractivity contribution is 14.1. The molecule has 0 aliphatic carbocycles. The molecule has 5 nitrogen and oxygen atoms in total. The molecule has 0 aliphatic heterocycles. The van der Waals surface area contributed by atoms with Gasteiger partial charge in [-0.15, -0.1) is 0 Å². The number of halogens is 1. The Bertz CT molecular complexity index is 1100. The number of ether oxygens (including phenoxy) is 1. The first kappa shape index (κ1) is 17.4. The van der Waals surface area contributed by atoms with Gasteiger partial charge in [0.05, 0.1) is 5.52 Å². The summed E-state index contributed by atoms with van der Waals surface area (Å²) in [5.74, 6) is 1.67. The summed E-state index contributed by atoms with van der Waals surface area (Å²) in [6, 6.07) is 20.2. The number of carbonyl (C=O) groups is 1. The summed E-state index contributed by atoms with van der Waals surface area (Å²) in [5.41, 5.74) is 1.40. The molecule has 2 aromatic heterocycles. The van der Waals surface area contributed by atoms with E-state index in [1.807, 2.05) is 30.3 Å². The Hall–Kier alpha value is -3.00. The maximum Gasteiger partial charge on any atom is 0.256 e. The minimum Gasteiger partial charge on any atom is -0.457 e. The van der Waals surface area contributed by atoms with Crippen LogP contribution < -0.4 is 10.1 Å². The third-order valence-corrected chi connectivity index (χ3v) is 4.59. The van der Waals surface area contributed by atoms with Crippen molar-refractivity contribution in [2.24, 2.45) is 0 Å². The van der Waals surface area contributed by atoms with E-state index in [9.17, 15) is 4.79 Å². The van der Waals surface area contributed by atoms with Crippen LogP contribution >= 0.6 is 22.6 Å². The molecule has 0 fully saturated rings. The molecule has 4 aromatic rings. The average molecular weight is 467 g/mol. The first-order chi connectivity index (χ1) is 13.2. The monoisotopic (exact) mass is 467 g/mol. The Morgan fingerprint density at radius 2 is 1.78 bits per heavy atom. The molecule has 0 bridgehead atoms. The summed E-state index contributed by atoms with van der Waals surface area (Å²) in [4.78, 5) is 20.7. The summed E-state index contributed by atoms with van der Waals surface area (Å²) >= 11 is 2.26. The van der Waals surface area contributed by atoms with Crippen LogP contribution in [0.5, 0.6) is 11.5 Å². The van der Waals surface area contributed by atoms with Crippen molar-refractivity contribution < 1.29 is 9.53 Å². The van der Waals surface area contributed by atoms with Gasteiger partial charge in [-0.2, -0.15) is 0 Å². The zero-order valence-electron chi connectivity index (χ0n) is 14.1. The van der Waals surface area contributed by atoms with E-state index < -0.39 is 0 Å². The Balaban J connectivity index is 1.53. The molecule has 6 heteroatoms. The van der Waals surface area contributed by atoms with Gasteiger partial charge in [0.2, 0.25) is 0 Å². The number of fused-ring (bicyclic) bond motifs is 1. The molecule has 0 atom stereocenters. The number of rotatable bonds is 4. The molecule has 1 N–H and O–H groups in total. The number of nitrogens with one attached hydrogen (secondary N) is 1. The number of carbonyl (C=O) groups excluding carboxylic acids is 1. The number of hydrogen-bond donors (Lipinski definition) is 1. The first-order valence-electron chi connectivity index (χ1n) is 8.24. The van der Waals surface area contributed by atoms with E-state index in [4.69, 9.17) is 4.74 Å². The predicted octanol–water partition coefficient (Wildman–Crippen LogP) is 5.28. The highest BCUT2D eigenvalue weighted by Gasteiger charge is 2.09. The molecule has 132 valence electrons. The Morgan fingerprint density at radius 3 is 2.56 bits per heavy atom. The minimum atomic E-state index is -0.218. The summed E-state index contributed by atoms with van der Waals surface area (Å²) in [6.07, 6.45) is 3.35. The fourth-order valence-electron chi connectivity index (χ4n) is 2.61. The maximum atomic E-state index is 12.3. The second-order valence-electron chi connectivity index (χ2n) is 5.77. The summed E-state index contributed by atoms with van der Waals surface area (Å²) in [6.45, 7) is 0. The Kier molecular flexibility index (Phi) is 4.97. The molecule has 2 aromatic carbocycles. The zero-order chi connectivity index (χ0) is 18.6. The first-order valence-corrected chi connectivity index (χ1v) is 9.31. The second-order valence-corrected chi connectivity index (χ2v) is 7.01. The second kappa shape index (κ2) is 7.71. The largest absolute Gasteiger partial charge is 0.457 e. The van der Waals surface area contributed by atoms with Crippen LogP contribution in [0, 0.1) is 3.57 Å². The molecule has 4 rings (SSSR count). The van der Waals surface area contributed by atoms with E-state index in [2.05, 4.69) is 37.9 Å². The molecule has 0 unspecified atom stereocenters. The van der Waals surface area contributed by atoms with Crippen LogP contribution in [0.3, 0.4) is 0 Å². The molecular formula is C21H14IN3O2. The number of hydrogen-bond acceptors (Lipinski definition) is 4. The standard InChI is InChI=1S/C21H14IN3O2/c22-15-6-9-18-17(13-15)19(10-12-23-18)27-16-7-4-14(5-8-16)21(26)25-20-3-1-2-11-24-20/h1-13H,(H,24,25,26). The predicted molar refractivity (Wildman–Crippen MR) is 113 cm³/mol. The fraction of sp³-hybridized carbons (Fsp3) is 0. The van der Waals surface area contributed by atoms with Crippen LogP contribution in [-0.2, 0) is 0 Å².